The second kappa shape index (κ2) is 13.2. The van der Waals surface area contributed by atoms with E-state index in [9.17, 15) is 19.7 Å². The number of benzene rings is 3. The van der Waals surface area contributed by atoms with E-state index in [2.05, 4.69) is 21.0 Å². The normalized spacial score (nSPS) is 12.1. The molecule has 12 heteroatoms. The number of para-hydroxylation sites is 1. The van der Waals surface area contributed by atoms with E-state index in [1.807, 2.05) is 32.9 Å². The molecular formula is C31H31BrN4O7. The first-order valence-electron chi connectivity index (χ1n) is 13.5. The summed E-state index contributed by atoms with van der Waals surface area (Å²) in [4.78, 5) is 41.9. The van der Waals surface area contributed by atoms with E-state index >= 15 is 0 Å². The van der Waals surface area contributed by atoms with Crippen molar-refractivity contribution in [2.24, 2.45) is 5.10 Å². The van der Waals surface area contributed by atoms with Gasteiger partial charge in [0.1, 0.15) is 5.75 Å². The Hall–Kier alpha value is -4.58. The van der Waals surface area contributed by atoms with Crippen LogP contribution >= 0.6 is 15.9 Å². The molecule has 0 aliphatic rings. The fourth-order valence-electron chi connectivity index (χ4n) is 4.51. The molecule has 0 saturated heterocycles. The van der Waals surface area contributed by atoms with Crippen molar-refractivity contribution >= 4 is 44.7 Å². The minimum atomic E-state index is -1.08. The van der Waals surface area contributed by atoms with Crippen molar-refractivity contribution in [2.75, 3.05) is 13.7 Å². The quantitative estimate of drug-likeness (QED) is 0.0834. The molecule has 0 bridgehead atoms. The molecule has 0 aliphatic carbocycles. The number of ether oxygens (including phenoxy) is 3. The fraction of sp³-hybridized carbons (Fsp3) is 0.290. The molecule has 1 aromatic heterocycles. The molecule has 11 nitrogen and oxygen atoms in total. The van der Waals surface area contributed by atoms with Gasteiger partial charge in [0.05, 0.1) is 40.2 Å². The predicted molar refractivity (Wildman–Crippen MR) is 167 cm³/mol. The first kappa shape index (κ1) is 31.4. The number of aromatic nitrogens is 2. The van der Waals surface area contributed by atoms with Crippen LogP contribution in [0.1, 0.15) is 50.3 Å². The van der Waals surface area contributed by atoms with Crippen LogP contribution in [0.15, 0.2) is 62.9 Å². The average Bonchev–Trinajstić information content (AvgIpc) is 2.97. The number of rotatable bonds is 10. The maximum atomic E-state index is 13.7. The Morgan fingerprint density at radius 3 is 2.56 bits per heavy atom. The highest BCUT2D eigenvalue weighted by atomic mass is 79.9. The molecule has 43 heavy (non-hydrogen) atoms. The first-order chi connectivity index (χ1) is 20.5. The van der Waals surface area contributed by atoms with Crippen LogP contribution in [0.4, 0.5) is 5.69 Å². The third-order valence-electron chi connectivity index (χ3n) is 6.67. The van der Waals surface area contributed by atoms with Crippen molar-refractivity contribution < 1.29 is 23.9 Å². The molecule has 0 spiro atoms. The Labute approximate surface area is 256 Å². The molecule has 0 radical (unpaired) electrons. The highest BCUT2D eigenvalue weighted by Crippen LogP contribution is 2.37. The lowest BCUT2D eigenvalue weighted by Crippen LogP contribution is -2.26. The van der Waals surface area contributed by atoms with Crippen LogP contribution in [0.3, 0.4) is 0 Å². The number of carbonyl (C=O) groups is 1. The molecule has 0 unspecified atom stereocenters. The lowest BCUT2D eigenvalue weighted by atomic mass is 9.96. The van der Waals surface area contributed by atoms with E-state index in [4.69, 9.17) is 19.2 Å². The monoisotopic (exact) mass is 650 g/mol. The van der Waals surface area contributed by atoms with Crippen molar-refractivity contribution in [3.63, 3.8) is 0 Å². The Morgan fingerprint density at radius 1 is 1.19 bits per heavy atom. The zero-order valence-corrected chi connectivity index (χ0v) is 26.2. The number of hydrogen-bond acceptors (Lipinski definition) is 9. The number of esters is 1. The standard InChI is InChI=1S/C31H31BrN4O7/c1-7-42-31(38)19(5)43-28-24(32)13-20(14-26(28)36(39)40)16-33-35-29(34-25-11-9-8-10-21(25)30(35)37)23-15-22(17(2)3)27(41-6)12-18(23)4/h8-17,19H,7H2,1-6H3/t19-/m0/s1. The summed E-state index contributed by atoms with van der Waals surface area (Å²) >= 11 is 3.32. The minimum absolute atomic E-state index is 0.128. The number of hydrogen-bond donors (Lipinski definition) is 0. The van der Waals surface area contributed by atoms with Gasteiger partial charge in [-0.3, -0.25) is 14.9 Å². The SMILES string of the molecule is CCOC(=O)[C@H](C)Oc1c(Br)cc(C=Nn2c(-c3cc(C(C)C)c(OC)cc3C)nc3ccccc3c2=O)cc1[N+](=O)[O-]. The molecule has 4 rings (SSSR count). The van der Waals surface area contributed by atoms with Gasteiger partial charge in [-0.1, -0.05) is 26.0 Å². The molecular weight excluding hydrogens is 620 g/mol. The highest BCUT2D eigenvalue weighted by molar-refractivity contribution is 9.10. The molecule has 0 aliphatic heterocycles. The predicted octanol–water partition coefficient (Wildman–Crippen LogP) is 6.39. The lowest BCUT2D eigenvalue weighted by Gasteiger charge is -2.17. The number of nitrogens with zero attached hydrogens (tertiary/aromatic N) is 4. The summed E-state index contributed by atoms with van der Waals surface area (Å²) in [7, 11) is 1.61. The van der Waals surface area contributed by atoms with Crippen LogP contribution < -0.4 is 15.0 Å². The van der Waals surface area contributed by atoms with E-state index in [-0.39, 0.29) is 22.7 Å². The highest BCUT2D eigenvalue weighted by Gasteiger charge is 2.26. The van der Waals surface area contributed by atoms with Gasteiger partial charge in [0, 0.05) is 17.2 Å². The number of nitro benzene ring substituents is 1. The maximum Gasteiger partial charge on any atom is 0.347 e. The van der Waals surface area contributed by atoms with Gasteiger partial charge in [-0.25, -0.2) is 9.78 Å². The summed E-state index contributed by atoms with van der Waals surface area (Å²) < 4.78 is 17.5. The second-order valence-electron chi connectivity index (χ2n) is 10.00. The summed E-state index contributed by atoms with van der Waals surface area (Å²) in [6.07, 6.45) is 0.252. The van der Waals surface area contributed by atoms with Gasteiger partial charge in [-0.05, 0) is 84.1 Å². The Kier molecular flexibility index (Phi) is 9.59. The van der Waals surface area contributed by atoms with Crippen LogP contribution in [0.2, 0.25) is 0 Å². The van der Waals surface area contributed by atoms with Gasteiger partial charge in [-0.15, -0.1) is 0 Å². The summed E-state index contributed by atoms with van der Waals surface area (Å²) in [6.45, 7) is 9.22. The third kappa shape index (κ3) is 6.59. The summed E-state index contributed by atoms with van der Waals surface area (Å²) in [5, 5.41) is 16.8. The van der Waals surface area contributed by atoms with Gasteiger partial charge >= 0.3 is 11.7 Å². The Bertz CT molecular complexity index is 1800. The summed E-state index contributed by atoms with van der Waals surface area (Å²) in [5.74, 6) is 0.371. The topological polar surface area (TPSA) is 135 Å². The van der Waals surface area contributed by atoms with Crippen molar-refractivity contribution in [1.29, 1.82) is 0 Å². The van der Waals surface area contributed by atoms with E-state index in [1.165, 1.54) is 23.9 Å². The number of halogens is 1. The molecule has 0 N–H and O–H groups in total. The molecule has 1 heterocycles. The first-order valence-corrected chi connectivity index (χ1v) is 14.3. The molecule has 1 atom stereocenters. The molecule has 3 aromatic carbocycles. The Balaban J connectivity index is 1.88. The van der Waals surface area contributed by atoms with Crippen molar-refractivity contribution in [1.82, 2.24) is 9.66 Å². The minimum Gasteiger partial charge on any atom is -0.496 e. The van der Waals surface area contributed by atoms with E-state index in [0.29, 0.717) is 27.9 Å². The third-order valence-corrected chi connectivity index (χ3v) is 7.26. The van der Waals surface area contributed by atoms with Gasteiger partial charge in [0.15, 0.2) is 11.9 Å². The number of aryl methyl sites for hydroxylation is 1. The number of nitro groups is 1. The lowest BCUT2D eigenvalue weighted by molar-refractivity contribution is -0.386. The van der Waals surface area contributed by atoms with Crippen LogP contribution in [0, 0.1) is 17.0 Å². The van der Waals surface area contributed by atoms with E-state index < -0.39 is 28.2 Å². The van der Waals surface area contributed by atoms with Crippen LogP contribution in [-0.4, -0.2) is 46.6 Å². The fourth-order valence-corrected chi connectivity index (χ4v) is 5.07. The maximum absolute atomic E-state index is 13.7. The zero-order chi connectivity index (χ0) is 31.4. The molecule has 0 amide bonds. The van der Waals surface area contributed by atoms with Crippen LogP contribution in [0.25, 0.3) is 22.3 Å². The van der Waals surface area contributed by atoms with Gasteiger partial charge in [-0.2, -0.15) is 9.78 Å². The summed E-state index contributed by atoms with van der Waals surface area (Å²) in [5.41, 5.74) is 2.45. The van der Waals surface area contributed by atoms with E-state index in [0.717, 1.165) is 16.9 Å². The number of carbonyl (C=O) groups excluding carboxylic acids is 1. The van der Waals surface area contributed by atoms with E-state index in [1.54, 1.807) is 44.4 Å². The molecule has 224 valence electrons. The average molecular weight is 652 g/mol. The Morgan fingerprint density at radius 2 is 1.91 bits per heavy atom. The second-order valence-corrected chi connectivity index (χ2v) is 10.9. The van der Waals surface area contributed by atoms with Crippen molar-refractivity contribution in [2.45, 2.75) is 46.6 Å². The largest absolute Gasteiger partial charge is 0.496 e. The van der Waals surface area contributed by atoms with Crippen LogP contribution in [-0.2, 0) is 9.53 Å². The van der Waals surface area contributed by atoms with Crippen molar-refractivity contribution in [3.8, 4) is 22.9 Å². The van der Waals surface area contributed by atoms with Crippen LogP contribution in [0.5, 0.6) is 11.5 Å². The van der Waals surface area contributed by atoms with Gasteiger partial charge in [0.25, 0.3) is 5.56 Å². The molecule has 0 saturated carbocycles. The zero-order valence-electron chi connectivity index (χ0n) is 24.6. The van der Waals surface area contributed by atoms with Gasteiger partial charge < -0.3 is 14.2 Å². The number of methoxy groups -OCH3 is 1. The number of fused-ring (bicyclic) bond motifs is 1. The summed E-state index contributed by atoms with van der Waals surface area (Å²) in [6, 6.07) is 13.6. The van der Waals surface area contributed by atoms with Gasteiger partial charge in [0.2, 0.25) is 5.75 Å². The van der Waals surface area contributed by atoms with Crippen molar-refractivity contribution in [3.05, 3.63) is 90.2 Å². The smallest absolute Gasteiger partial charge is 0.347 e. The molecule has 0 fully saturated rings. The molecule has 4 aromatic rings.